The lowest BCUT2D eigenvalue weighted by Crippen LogP contribution is -2.31. The minimum Gasteiger partial charge on any atom is -0.481 e. The highest BCUT2D eigenvalue weighted by Crippen LogP contribution is 2.61. The summed E-state index contributed by atoms with van der Waals surface area (Å²) < 4.78 is 10.3. The van der Waals surface area contributed by atoms with Gasteiger partial charge in [0.25, 0.3) is 0 Å². The molecule has 0 radical (unpaired) electrons. The van der Waals surface area contributed by atoms with Crippen LogP contribution in [0.5, 0.6) is 0 Å². The van der Waals surface area contributed by atoms with Crippen molar-refractivity contribution in [3.8, 4) is 0 Å². The van der Waals surface area contributed by atoms with E-state index < -0.39 is 48.2 Å². The van der Waals surface area contributed by atoms with Crippen LogP contribution in [0, 0.1) is 23.7 Å². The van der Waals surface area contributed by atoms with Crippen LogP contribution in [-0.4, -0.2) is 64.6 Å². The molecule has 0 spiro atoms. The molecule has 5 atom stereocenters. The van der Waals surface area contributed by atoms with Gasteiger partial charge in [-0.3, -0.25) is 14.4 Å². The Morgan fingerprint density at radius 1 is 1.08 bits per heavy atom. The van der Waals surface area contributed by atoms with E-state index in [1.165, 1.54) is 7.05 Å². The van der Waals surface area contributed by atoms with Crippen LogP contribution in [0.15, 0.2) is 18.2 Å². The van der Waals surface area contributed by atoms with Crippen LogP contribution in [0.1, 0.15) is 32.8 Å². The number of aliphatic hydroxyl groups excluding tert-OH is 1. The minimum absolute atomic E-state index is 0.0857. The highest BCUT2D eigenvalue weighted by molar-refractivity contribution is 6.42. The molecule has 1 aromatic rings. The van der Waals surface area contributed by atoms with Gasteiger partial charge in [-0.15, -0.1) is 0 Å². The quantitative estimate of drug-likeness (QED) is 0.354. The molecule has 2 amide bonds. The number of fused-ring (bicyclic) bond motifs is 1. The van der Waals surface area contributed by atoms with Crippen LogP contribution in [0.2, 0.25) is 10.0 Å². The molecular formula is C23H32Cl2N2O9. The predicted octanol–water partition coefficient (Wildman–Crippen LogP) is 2.53. The van der Waals surface area contributed by atoms with Crippen LogP contribution in [0.25, 0.3) is 0 Å². The van der Waals surface area contributed by atoms with Crippen molar-refractivity contribution in [2.45, 2.75) is 45.5 Å². The minimum atomic E-state index is -0.990. The molecular weight excluding hydrogens is 519 g/mol. The normalized spacial score (nSPS) is 23.6. The van der Waals surface area contributed by atoms with Crippen molar-refractivity contribution in [1.82, 2.24) is 5.32 Å². The van der Waals surface area contributed by atoms with Gasteiger partial charge in [0, 0.05) is 7.05 Å². The monoisotopic (exact) mass is 550 g/mol. The second-order valence-electron chi connectivity index (χ2n) is 9.17. The molecule has 2 aliphatic rings. The molecule has 0 aliphatic heterocycles. The van der Waals surface area contributed by atoms with E-state index in [9.17, 15) is 24.3 Å². The maximum atomic E-state index is 11.4. The molecule has 11 nitrogen and oxygen atoms in total. The number of likely N-dealkylation sites (N-methyl/N-ethyl adjacent to an activating group) is 1. The van der Waals surface area contributed by atoms with E-state index in [2.05, 4.69) is 10.1 Å². The number of halogens is 2. The number of hydrogen-bond acceptors (Lipinski definition) is 7. The van der Waals surface area contributed by atoms with E-state index in [0.717, 1.165) is 5.56 Å². The number of aliphatic carboxylic acids is 2. The van der Waals surface area contributed by atoms with Gasteiger partial charge in [-0.05, 0) is 56.7 Å². The predicted molar refractivity (Wildman–Crippen MR) is 130 cm³/mol. The number of hydrogen-bond donors (Lipinski definition) is 5. The summed E-state index contributed by atoms with van der Waals surface area (Å²) >= 11 is 11.8. The summed E-state index contributed by atoms with van der Waals surface area (Å²) in [6.45, 7) is 5.09. The first-order chi connectivity index (χ1) is 16.6. The van der Waals surface area contributed by atoms with Gasteiger partial charge in [0.2, 0.25) is 5.91 Å². The van der Waals surface area contributed by atoms with Crippen molar-refractivity contribution in [2.75, 3.05) is 13.7 Å². The van der Waals surface area contributed by atoms with E-state index in [1.807, 2.05) is 0 Å². The Kier molecular flexibility index (Phi) is 11.9. The summed E-state index contributed by atoms with van der Waals surface area (Å²) in [4.78, 5) is 42.3. The summed E-state index contributed by atoms with van der Waals surface area (Å²) in [6, 6.07) is 5.10. The lowest BCUT2D eigenvalue weighted by molar-refractivity contribution is -0.149. The van der Waals surface area contributed by atoms with E-state index in [4.69, 9.17) is 43.9 Å². The van der Waals surface area contributed by atoms with Crippen LogP contribution in [0.4, 0.5) is 4.79 Å². The SMILES string of the molecule is CC(C)(C)OC(N)=O.CNC(=O)CO.O=C(O)C1C2CC(OCc3ccc(Cl)c(Cl)c3)[C@@H](C(=O)O)C21. The van der Waals surface area contributed by atoms with Gasteiger partial charge in [0.1, 0.15) is 12.2 Å². The first-order valence-electron chi connectivity index (χ1n) is 10.9. The number of amides is 2. The maximum Gasteiger partial charge on any atom is 0.405 e. The second kappa shape index (κ2) is 13.6. The Bertz CT molecular complexity index is 946. The van der Waals surface area contributed by atoms with Crippen molar-refractivity contribution >= 4 is 47.1 Å². The molecule has 202 valence electrons. The van der Waals surface area contributed by atoms with E-state index in [0.29, 0.717) is 16.5 Å². The zero-order valence-corrected chi connectivity index (χ0v) is 21.9. The third kappa shape index (κ3) is 9.81. The van der Waals surface area contributed by atoms with E-state index >= 15 is 0 Å². The molecule has 0 saturated heterocycles. The highest BCUT2D eigenvalue weighted by Gasteiger charge is 2.67. The molecule has 0 aromatic heterocycles. The van der Waals surface area contributed by atoms with Crippen molar-refractivity contribution in [3.63, 3.8) is 0 Å². The maximum absolute atomic E-state index is 11.4. The standard InChI is InChI=1S/C15H14Cl2O5.C5H11NO2.C3H7NO2/c16-8-2-1-6(3-9(8)17)5-22-10-4-7-11(12(7)14(18)19)13(10)15(20)21;1-5(2,3)8-4(6)7;1-4-3(6)2-5/h1-3,7,10-13H,4-5H2,(H,18,19)(H,20,21);1-3H3,(H2,6,7);5H,2H2,1H3,(H,4,6)/t7?,10?,11?,12?,13-;;/m1../s1. The average Bonchev–Trinajstić information content (AvgIpc) is 3.33. The van der Waals surface area contributed by atoms with Gasteiger partial charge in [0.15, 0.2) is 0 Å². The number of rotatable bonds is 6. The lowest BCUT2D eigenvalue weighted by atomic mass is 9.97. The van der Waals surface area contributed by atoms with Gasteiger partial charge < -0.3 is 35.8 Å². The van der Waals surface area contributed by atoms with Crippen LogP contribution in [0.3, 0.4) is 0 Å². The molecule has 0 bridgehead atoms. The lowest BCUT2D eigenvalue weighted by Gasteiger charge is -2.21. The second-order valence-corrected chi connectivity index (χ2v) is 9.98. The van der Waals surface area contributed by atoms with E-state index in [1.54, 1.807) is 39.0 Å². The number of nitrogens with two attached hydrogens (primary N) is 1. The van der Waals surface area contributed by atoms with Crippen molar-refractivity contribution in [3.05, 3.63) is 33.8 Å². The molecule has 36 heavy (non-hydrogen) atoms. The third-order valence-electron chi connectivity index (χ3n) is 5.40. The van der Waals surface area contributed by atoms with Crippen LogP contribution in [-0.2, 0) is 30.5 Å². The average molecular weight is 551 g/mol. The largest absolute Gasteiger partial charge is 0.481 e. The number of carboxylic acids is 2. The highest BCUT2D eigenvalue weighted by atomic mass is 35.5. The molecule has 0 heterocycles. The molecule has 4 unspecified atom stereocenters. The Labute approximate surface area is 218 Å². The molecule has 2 fully saturated rings. The van der Waals surface area contributed by atoms with Crippen LogP contribution >= 0.6 is 23.2 Å². The first-order valence-corrected chi connectivity index (χ1v) is 11.7. The summed E-state index contributed by atoms with van der Waals surface area (Å²) in [5, 5.41) is 29.4. The van der Waals surface area contributed by atoms with Gasteiger partial charge in [-0.25, -0.2) is 4.79 Å². The summed E-state index contributed by atoms with van der Waals surface area (Å²) in [7, 11) is 1.47. The van der Waals surface area contributed by atoms with Crippen molar-refractivity contribution < 1.29 is 44.0 Å². The van der Waals surface area contributed by atoms with E-state index in [-0.39, 0.29) is 24.3 Å². The van der Waals surface area contributed by atoms with Crippen molar-refractivity contribution in [1.29, 1.82) is 0 Å². The van der Waals surface area contributed by atoms with Gasteiger partial charge in [0.05, 0.1) is 34.6 Å². The summed E-state index contributed by atoms with van der Waals surface area (Å²) in [5.74, 6) is -3.94. The molecule has 1 aromatic carbocycles. The number of ether oxygens (including phenoxy) is 2. The number of carbonyl (C=O) groups is 4. The Morgan fingerprint density at radius 2 is 1.67 bits per heavy atom. The van der Waals surface area contributed by atoms with Crippen LogP contribution < -0.4 is 11.1 Å². The fourth-order valence-electron chi connectivity index (χ4n) is 3.91. The van der Waals surface area contributed by atoms with Gasteiger partial charge in [-0.2, -0.15) is 0 Å². The zero-order valence-electron chi connectivity index (χ0n) is 20.4. The molecule has 3 rings (SSSR count). The number of carbonyl (C=O) groups excluding carboxylic acids is 2. The number of primary amides is 1. The fourth-order valence-corrected chi connectivity index (χ4v) is 4.23. The van der Waals surface area contributed by atoms with Crippen molar-refractivity contribution in [2.24, 2.45) is 29.4 Å². The summed E-state index contributed by atoms with van der Waals surface area (Å²) in [6.07, 6.45) is -0.713. The number of carboxylic acid groups (broad SMARTS) is 2. The number of nitrogens with one attached hydrogen (secondary N) is 1. The molecule has 2 aliphatic carbocycles. The molecule has 6 N–H and O–H groups in total. The number of benzene rings is 1. The Morgan fingerprint density at radius 3 is 2.03 bits per heavy atom. The smallest absolute Gasteiger partial charge is 0.405 e. The Balaban J connectivity index is 0.000000384. The Hall–Kier alpha value is -2.60. The van der Waals surface area contributed by atoms with Gasteiger partial charge in [-0.1, -0.05) is 29.3 Å². The molecule has 13 heteroatoms. The zero-order chi connectivity index (χ0) is 27.8. The van der Waals surface area contributed by atoms with Gasteiger partial charge >= 0.3 is 18.0 Å². The first kappa shape index (κ1) is 31.4. The number of aliphatic hydroxyl groups is 1. The third-order valence-corrected chi connectivity index (χ3v) is 6.14. The summed E-state index contributed by atoms with van der Waals surface area (Å²) in [5.41, 5.74) is 5.06. The molecule has 2 saturated carbocycles. The topological polar surface area (TPSA) is 185 Å². The fraction of sp³-hybridized carbons (Fsp3) is 0.565.